The lowest BCUT2D eigenvalue weighted by Crippen LogP contribution is -2.48. The zero-order valence-electron chi connectivity index (χ0n) is 17.8. The first-order chi connectivity index (χ1) is 15.7. The number of aromatic nitrogens is 5. The normalized spacial score (nSPS) is 16.0. The summed E-state index contributed by atoms with van der Waals surface area (Å²) in [5, 5.41) is 14.4. The minimum atomic E-state index is -0.0587. The van der Waals surface area contributed by atoms with E-state index in [2.05, 4.69) is 55.7 Å². The van der Waals surface area contributed by atoms with Gasteiger partial charge >= 0.3 is 0 Å². The topological polar surface area (TPSA) is 72.2 Å². The third kappa shape index (κ3) is 4.33. The first-order valence-electron chi connectivity index (χ1n) is 10.6. The van der Waals surface area contributed by atoms with Crippen molar-refractivity contribution in [3.63, 3.8) is 0 Å². The average molecular weight is 470 g/mol. The van der Waals surface area contributed by atoms with Crippen LogP contribution in [0.4, 0.5) is 5.13 Å². The summed E-state index contributed by atoms with van der Waals surface area (Å²) >= 11 is 7.91. The number of hydrogen-bond donors (Lipinski definition) is 0. The van der Waals surface area contributed by atoms with E-state index in [0.29, 0.717) is 18.2 Å². The van der Waals surface area contributed by atoms with Crippen molar-refractivity contribution in [3.05, 3.63) is 64.9 Å². The summed E-state index contributed by atoms with van der Waals surface area (Å²) in [5.74, 6) is 0.817. The fraction of sp³-hybridized carbons (Fsp3) is 0.364. The molecule has 0 bridgehead atoms. The Hall–Kier alpha value is -2.59. The maximum Gasteiger partial charge on any atom is 0.186 e. The van der Waals surface area contributed by atoms with Crippen LogP contribution in [0.1, 0.15) is 17.4 Å². The quantitative estimate of drug-likeness (QED) is 0.410. The van der Waals surface area contributed by atoms with Gasteiger partial charge in [-0.1, -0.05) is 47.2 Å². The highest BCUT2D eigenvalue weighted by molar-refractivity contribution is 7.22. The monoisotopic (exact) mass is 469 g/mol. The summed E-state index contributed by atoms with van der Waals surface area (Å²) in [6, 6.07) is 16.2. The van der Waals surface area contributed by atoms with Crippen molar-refractivity contribution >= 4 is 38.3 Å². The van der Waals surface area contributed by atoms with Gasteiger partial charge in [0.25, 0.3) is 0 Å². The molecule has 1 aliphatic rings. The molecule has 0 unspecified atom stereocenters. The summed E-state index contributed by atoms with van der Waals surface area (Å²) in [7, 11) is 1.68. The molecular formula is C22H24ClN7OS. The molecule has 2 aromatic heterocycles. The van der Waals surface area contributed by atoms with Crippen LogP contribution in [0, 0.1) is 0 Å². The van der Waals surface area contributed by atoms with Gasteiger partial charge in [-0.15, -0.1) is 5.10 Å². The number of hydrogen-bond acceptors (Lipinski definition) is 8. The molecule has 0 aliphatic carbocycles. The van der Waals surface area contributed by atoms with Crippen molar-refractivity contribution in [2.45, 2.75) is 12.6 Å². The van der Waals surface area contributed by atoms with Crippen LogP contribution in [0.5, 0.6) is 0 Å². The van der Waals surface area contributed by atoms with Crippen molar-refractivity contribution in [1.29, 1.82) is 0 Å². The molecule has 166 valence electrons. The number of tetrazole rings is 1. The first kappa shape index (κ1) is 21.3. The number of para-hydroxylation sites is 1. The van der Waals surface area contributed by atoms with E-state index >= 15 is 0 Å². The number of benzene rings is 2. The van der Waals surface area contributed by atoms with Gasteiger partial charge < -0.3 is 9.64 Å². The van der Waals surface area contributed by atoms with E-state index in [1.807, 2.05) is 22.9 Å². The molecule has 0 saturated carbocycles. The van der Waals surface area contributed by atoms with Gasteiger partial charge in [0.05, 0.1) is 29.4 Å². The van der Waals surface area contributed by atoms with E-state index in [1.165, 1.54) is 4.70 Å². The van der Waals surface area contributed by atoms with Crippen LogP contribution in [0.2, 0.25) is 5.02 Å². The molecule has 32 heavy (non-hydrogen) atoms. The van der Waals surface area contributed by atoms with E-state index in [-0.39, 0.29) is 6.04 Å². The molecule has 4 aromatic rings. The summed E-state index contributed by atoms with van der Waals surface area (Å²) in [5.41, 5.74) is 2.18. The van der Waals surface area contributed by atoms with Gasteiger partial charge in [0, 0.05) is 38.3 Å². The maximum atomic E-state index is 6.16. The summed E-state index contributed by atoms with van der Waals surface area (Å²) in [6.07, 6.45) is 0. The van der Waals surface area contributed by atoms with Gasteiger partial charge in [-0.25, -0.2) is 9.67 Å². The predicted octanol–water partition coefficient (Wildman–Crippen LogP) is 3.49. The number of nitrogens with zero attached hydrogens (tertiary/aromatic N) is 7. The van der Waals surface area contributed by atoms with Gasteiger partial charge in [0.2, 0.25) is 0 Å². The number of anilines is 1. The Balaban J connectivity index is 1.39. The van der Waals surface area contributed by atoms with Crippen LogP contribution in [0.15, 0.2) is 48.5 Å². The van der Waals surface area contributed by atoms with Crippen LogP contribution < -0.4 is 4.90 Å². The minimum absolute atomic E-state index is 0.0587. The Kier molecular flexibility index (Phi) is 6.31. The second-order valence-corrected chi connectivity index (χ2v) is 9.14. The van der Waals surface area contributed by atoms with Crippen LogP contribution in [0.25, 0.3) is 10.2 Å². The molecule has 1 atom stereocenters. The predicted molar refractivity (Wildman–Crippen MR) is 126 cm³/mol. The number of halogens is 1. The van der Waals surface area contributed by atoms with Crippen LogP contribution >= 0.6 is 22.9 Å². The zero-order valence-corrected chi connectivity index (χ0v) is 19.3. The molecular weight excluding hydrogens is 446 g/mol. The van der Waals surface area contributed by atoms with Gasteiger partial charge in [-0.2, -0.15) is 0 Å². The molecule has 1 fully saturated rings. The highest BCUT2D eigenvalue weighted by Gasteiger charge is 2.31. The van der Waals surface area contributed by atoms with E-state index < -0.39 is 0 Å². The maximum absolute atomic E-state index is 6.16. The van der Waals surface area contributed by atoms with Gasteiger partial charge in [-0.3, -0.25) is 4.90 Å². The second kappa shape index (κ2) is 9.50. The molecule has 1 aliphatic heterocycles. The van der Waals surface area contributed by atoms with E-state index in [1.54, 1.807) is 18.4 Å². The van der Waals surface area contributed by atoms with Crippen molar-refractivity contribution in [1.82, 2.24) is 30.1 Å². The summed E-state index contributed by atoms with van der Waals surface area (Å²) in [4.78, 5) is 9.63. The van der Waals surface area contributed by atoms with Crippen molar-refractivity contribution in [2.75, 3.05) is 44.8 Å². The molecule has 0 spiro atoms. The molecule has 8 nitrogen and oxygen atoms in total. The molecule has 1 saturated heterocycles. The SMILES string of the molecule is COCCn1nnnc1[C@H](c1ccc(Cl)cc1)N1CCN(c2nc3ccccc3s2)CC1. The van der Waals surface area contributed by atoms with E-state index in [9.17, 15) is 0 Å². The fourth-order valence-electron chi connectivity index (χ4n) is 4.08. The highest BCUT2D eigenvalue weighted by Crippen LogP contribution is 2.32. The van der Waals surface area contributed by atoms with Gasteiger partial charge in [0.15, 0.2) is 11.0 Å². The van der Waals surface area contributed by atoms with E-state index in [0.717, 1.165) is 48.2 Å². The van der Waals surface area contributed by atoms with Crippen LogP contribution in [-0.2, 0) is 11.3 Å². The van der Waals surface area contributed by atoms with Gasteiger partial charge in [-0.05, 0) is 40.3 Å². The summed E-state index contributed by atoms with van der Waals surface area (Å²) < 4.78 is 8.30. The molecule has 0 amide bonds. The van der Waals surface area contributed by atoms with Crippen molar-refractivity contribution in [2.24, 2.45) is 0 Å². The molecule has 3 heterocycles. The Morgan fingerprint density at radius 3 is 2.59 bits per heavy atom. The van der Waals surface area contributed by atoms with Crippen LogP contribution in [-0.4, -0.2) is 70.0 Å². The number of thiazole rings is 1. The van der Waals surface area contributed by atoms with Crippen molar-refractivity contribution < 1.29 is 4.74 Å². The lowest BCUT2D eigenvalue weighted by Gasteiger charge is -2.38. The molecule has 0 N–H and O–H groups in total. The number of ether oxygens (including phenoxy) is 1. The number of piperazine rings is 1. The highest BCUT2D eigenvalue weighted by atomic mass is 35.5. The van der Waals surface area contributed by atoms with E-state index in [4.69, 9.17) is 21.3 Å². The third-order valence-electron chi connectivity index (χ3n) is 5.73. The molecule has 5 rings (SSSR count). The smallest absolute Gasteiger partial charge is 0.186 e. The lowest BCUT2D eigenvalue weighted by atomic mass is 10.0. The number of fused-ring (bicyclic) bond motifs is 1. The number of rotatable bonds is 7. The Morgan fingerprint density at radius 1 is 1.06 bits per heavy atom. The van der Waals surface area contributed by atoms with Crippen molar-refractivity contribution in [3.8, 4) is 0 Å². The lowest BCUT2D eigenvalue weighted by molar-refractivity contribution is 0.172. The molecule has 10 heteroatoms. The first-order valence-corrected chi connectivity index (χ1v) is 11.8. The Morgan fingerprint density at radius 2 is 1.84 bits per heavy atom. The summed E-state index contributed by atoms with van der Waals surface area (Å²) in [6.45, 7) is 4.69. The second-order valence-electron chi connectivity index (χ2n) is 7.69. The minimum Gasteiger partial charge on any atom is -0.383 e. The Bertz CT molecular complexity index is 1140. The van der Waals surface area contributed by atoms with Crippen LogP contribution in [0.3, 0.4) is 0 Å². The fourth-order valence-corrected chi connectivity index (χ4v) is 5.22. The average Bonchev–Trinajstić information content (AvgIpc) is 3.47. The zero-order chi connectivity index (χ0) is 21.9. The molecule has 0 radical (unpaired) electrons. The largest absolute Gasteiger partial charge is 0.383 e. The van der Waals surface area contributed by atoms with Gasteiger partial charge in [0.1, 0.15) is 0 Å². The molecule has 2 aromatic carbocycles. The number of methoxy groups -OCH3 is 1. The Labute approximate surface area is 195 Å². The third-order valence-corrected chi connectivity index (χ3v) is 7.08. The standard InChI is InChI=1S/C22H24ClN7OS/c1-31-15-14-30-21(25-26-27-30)20(16-6-8-17(23)9-7-16)28-10-12-29(13-11-28)22-24-18-4-2-3-5-19(18)32-22/h2-9,20H,10-15H2,1H3/t20-/m0/s1.